The molecule has 2 aliphatic heterocycles. The zero-order chi connectivity index (χ0) is 18.4. The number of hydrogen-bond donors (Lipinski definition) is 0. The molecule has 0 radical (unpaired) electrons. The van der Waals surface area contributed by atoms with E-state index < -0.39 is 0 Å². The van der Waals surface area contributed by atoms with Gasteiger partial charge in [0.1, 0.15) is 5.75 Å². The van der Waals surface area contributed by atoms with E-state index in [0.29, 0.717) is 26.1 Å². The van der Waals surface area contributed by atoms with E-state index in [2.05, 4.69) is 0 Å². The van der Waals surface area contributed by atoms with Crippen molar-refractivity contribution in [3.63, 3.8) is 0 Å². The molecule has 0 bridgehead atoms. The molecular formula is C20H28N2O4. The fraction of sp³-hybridized carbons (Fsp3) is 0.600. The molecule has 2 aliphatic rings. The van der Waals surface area contributed by atoms with Crippen molar-refractivity contribution in [1.29, 1.82) is 0 Å². The lowest BCUT2D eigenvalue weighted by molar-refractivity contribution is -0.143. The minimum Gasteiger partial charge on any atom is -0.497 e. The van der Waals surface area contributed by atoms with Crippen molar-refractivity contribution in [1.82, 2.24) is 9.80 Å². The topological polar surface area (TPSA) is 59.1 Å². The molecular weight excluding hydrogens is 332 g/mol. The Bertz CT molecular complexity index is 611. The molecule has 0 aliphatic carbocycles. The first-order chi connectivity index (χ1) is 12.7. The van der Waals surface area contributed by atoms with E-state index >= 15 is 0 Å². The number of carbonyl (C=O) groups excluding carboxylic acids is 2. The van der Waals surface area contributed by atoms with Gasteiger partial charge in [-0.3, -0.25) is 9.59 Å². The van der Waals surface area contributed by atoms with Gasteiger partial charge in [0.15, 0.2) is 0 Å². The van der Waals surface area contributed by atoms with E-state index in [0.717, 1.165) is 43.6 Å². The minimum atomic E-state index is -0.00781. The molecule has 1 aromatic rings. The van der Waals surface area contributed by atoms with Gasteiger partial charge in [-0.1, -0.05) is 12.1 Å². The number of piperidine rings is 1. The van der Waals surface area contributed by atoms with Crippen LogP contribution < -0.4 is 4.74 Å². The summed E-state index contributed by atoms with van der Waals surface area (Å²) in [6, 6.07) is 7.75. The van der Waals surface area contributed by atoms with Crippen LogP contribution >= 0.6 is 0 Å². The molecule has 2 amide bonds. The van der Waals surface area contributed by atoms with Crippen molar-refractivity contribution in [3.05, 3.63) is 29.8 Å². The van der Waals surface area contributed by atoms with E-state index in [1.807, 2.05) is 29.2 Å². The Morgan fingerprint density at radius 1 is 1.27 bits per heavy atom. The molecule has 142 valence electrons. The van der Waals surface area contributed by atoms with E-state index in [-0.39, 0.29) is 24.5 Å². The van der Waals surface area contributed by atoms with E-state index in [1.54, 1.807) is 12.0 Å². The summed E-state index contributed by atoms with van der Waals surface area (Å²) >= 11 is 0. The second kappa shape index (κ2) is 9.03. The molecule has 0 spiro atoms. The average Bonchev–Trinajstić information content (AvgIpc) is 3.17. The van der Waals surface area contributed by atoms with Gasteiger partial charge in [-0.15, -0.1) is 0 Å². The summed E-state index contributed by atoms with van der Waals surface area (Å²) in [7, 11) is 1.64. The summed E-state index contributed by atoms with van der Waals surface area (Å²) in [5.41, 5.74) is 1.04. The van der Waals surface area contributed by atoms with Crippen LogP contribution in [-0.4, -0.2) is 61.1 Å². The quantitative estimate of drug-likeness (QED) is 0.748. The SMILES string of the molecule is COc1ccc(CN(C[C@H]2CCCO2)C(=O)CN2CCCCC2=O)cc1. The molecule has 2 heterocycles. The number of nitrogens with zero attached hydrogens (tertiary/aromatic N) is 2. The lowest BCUT2D eigenvalue weighted by Gasteiger charge is -2.31. The van der Waals surface area contributed by atoms with Gasteiger partial charge in [0, 0.05) is 32.7 Å². The molecule has 6 nitrogen and oxygen atoms in total. The van der Waals surface area contributed by atoms with Gasteiger partial charge in [-0.05, 0) is 43.4 Å². The van der Waals surface area contributed by atoms with Crippen LogP contribution in [0.4, 0.5) is 0 Å². The van der Waals surface area contributed by atoms with Crippen molar-refractivity contribution in [2.75, 3.05) is 33.4 Å². The predicted molar refractivity (Wildman–Crippen MR) is 97.8 cm³/mol. The van der Waals surface area contributed by atoms with Gasteiger partial charge in [-0.2, -0.15) is 0 Å². The predicted octanol–water partition coefficient (Wildman–Crippen LogP) is 2.22. The molecule has 1 atom stereocenters. The first-order valence-corrected chi connectivity index (χ1v) is 9.46. The van der Waals surface area contributed by atoms with Gasteiger partial charge >= 0.3 is 0 Å². The van der Waals surface area contributed by atoms with Crippen LogP contribution in [0.3, 0.4) is 0 Å². The van der Waals surface area contributed by atoms with Crippen molar-refractivity contribution >= 4 is 11.8 Å². The Morgan fingerprint density at radius 3 is 2.73 bits per heavy atom. The van der Waals surface area contributed by atoms with Crippen LogP contribution in [0.15, 0.2) is 24.3 Å². The van der Waals surface area contributed by atoms with Crippen LogP contribution in [0.25, 0.3) is 0 Å². The minimum absolute atomic E-state index is 0.00781. The van der Waals surface area contributed by atoms with Crippen molar-refractivity contribution in [3.8, 4) is 5.75 Å². The lowest BCUT2D eigenvalue weighted by Crippen LogP contribution is -2.46. The molecule has 0 N–H and O–H groups in total. The van der Waals surface area contributed by atoms with Crippen LogP contribution in [0.1, 0.15) is 37.7 Å². The van der Waals surface area contributed by atoms with E-state index in [9.17, 15) is 9.59 Å². The van der Waals surface area contributed by atoms with Gasteiger partial charge in [0.05, 0.1) is 19.8 Å². The summed E-state index contributed by atoms with van der Waals surface area (Å²) in [5, 5.41) is 0. The van der Waals surface area contributed by atoms with Crippen LogP contribution in [-0.2, 0) is 20.9 Å². The van der Waals surface area contributed by atoms with Crippen molar-refractivity contribution < 1.29 is 19.1 Å². The Kier molecular flexibility index (Phi) is 6.50. The largest absolute Gasteiger partial charge is 0.497 e. The summed E-state index contributed by atoms with van der Waals surface area (Å²) in [4.78, 5) is 28.5. The third kappa shape index (κ3) is 4.97. The second-order valence-corrected chi connectivity index (χ2v) is 7.03. The molecule has 26 heavy (non-hydrogen) atoms. The Morgan fingerprint density at radius 2 is 2.08 bits per heavy atom. The first-order valence-electron chi connectivity index (χ1n) is 9.46. The molecule has 6 heteroatoms. The maximum Gasteiger partial charge on any atom is 0.242 e. The summed E-state index contributed by atoms with van der Waals surface area (Å²) in [6.45, 7) is 2.71. The summed E-state index contributed by atoms with van der Waals surface area (Å²) < 4.78 is 10.9. The fourth-order valence-electron chi connectivity index (χ4n) is 3.53. The van der Waals surface area contributed by atoms with Gasteiger partial charge < -0.3 is 19.3 Å². The zero-order valence-corrected chi connectivity index (χ0v) is 15.5. The number of likely N-dealkylation sites (tertiary alicyclic amines) is 1. The highest BCUT2D eigenvalue weighted by Crippen LogP contribution is 2.18. The number of hydrogen-bond acceptors (Lipinski definition) is 4. The molecule has 0 saturated carbocycles. The normalized spacial score (nSPS) is 20.3. The van der Waals surface area contributed by atoms with Gasteiger partial charge in [0.25, 0.3) is 0 Å². The maximum absolute atomic E-state index is 12.9. The van der Waals surface area contributed by atoms with E-state index in [4.69, 9.17) is 9.47 Å². The zero-order valence-electron chi connectivity index (χ0n) is 15.5. The number of amides is 2. The number of methoxy groups -OCH3 is 1. The van der Waals surface area contributed by atoms with Crippen molar-refractivity contribution in [2.24, 2.45) is 0 Å². The third-order valence-electron chi connectivity index (χ3n) is 5.08. The van der Waals surface area contributed by atoms with Gasteiger partial charge in [-0.25, -0.2) is 0 Å². The van der Waals surface area contributed by atoms with Crippen LogP contribution in [0.5, 0.6) is 5.75 Å². The third-order valence-corrected chi connectivity index (χ3v) is 5.08. The van der Waals surface area contributed by atoms with Crippen molar-refractivity contribution in [2.45, 2.75) is 44.8 Å². The maximum atomic E-state index is 12.9. The molecule has 2 fully saturated rings. The number of carbonyl (C=O) groups is 2. The molecule has 0 aromatic heterocycles. The first kappa shape index (κ1) is 18.7. The molecule has 3 rings (SSSR count). The highest BCUT2D eigenvalue weighted by Gasteiger charge is 2.26. The Balaban J connectivity index is 1.66. The van der Waals surface area contributed by atoms with Crippen LogP contribution in [0, 0.1) is 0 Å². The van der Waals surface area contributed by atoms with Gasteiger partial charge in [0.2, 0.25) is 11.8 Å². The van der Waals surface area contributed by atoms with Crippen LogP contribution in [0.2, 0.25) is 0 Å². The highest BCUT2D eigenvalue weighted by atomic mass is 16.5. The number of benzene rings is 1. The Hall–Kier alpha value is -2.08. The molecule has 2 saturated heterocycles. The van der Waals surface area contributed by atoms with E-state index in [1.165, 1.54) is 0 Å². The summed E-state index contributed by atoms with van der Waals surface area (Å²) in [6.07, 6.45) is 4.57. The second-order valence-electron chi connectivity index (χ2n) is 7.03. The fourth-order valence-corrected chi connectivity index (χ4v) is 3.53. The standard InChI is InChI=1S/C20H28N2O4/c1-25-17-9-7-16(8-10-17)13-22(14-18-5-4-12-26-18)20(24)15-21-11-3-2-6-19(21)23/h7-10,18H,2-6,11-15H2,1H3/t18-/m1/s1. The summed E-state index contributed by atoms with van der Waals surface area (Å²) in [5.74, 6) is 0.877. The lowest BCUT2D eigenvalue weighted by atomic mass is 10.1. The Labute approximate surface area is 155 Å². The number of rotatable bonds is 7. The molecule has 1 aromatic carbocycles. The monoisotopic (exact) mass is 360 g/mol. The molecule has 0 unspecified atom stereocenters. The smallest absolute Gasteiger partial charge is 0.242 e. The number of ether oxygens (including phenoxy) is 2. The highest BCUT2D eigenvalue weighted by molar-refractivity contribution is 5.85. The average molecular weight is 360 g/mol.